The number of sulfonamides is 1. The third kappa shape index (κ3) is 7.42. The highest BCUT2D eigenvalue weighted by atomic mass is 32.2. The minimum atomic E-state index is -3.15. The number of likely N-dealkylation sites (N-methyl/N-ethyl adjacent to an activating group) is 1. The first-order valence-corrected chi connectivity index (χ1v) is 9.50. The van der Waals surface area contributed by atoms with Gasteiger partial charge in [0, 0.05) is 32.7 Å². The second kappa shape index (κ2) is 7.61. The number of rotatable bonds is 5. The van der Waals surface area contributed by atoms with Crippen LogP contribution < -0.4 is 4.72 Å². The van der Waals surface area contributed by atoms with E-state index < -0.39 is 15.6 Å². The number of carbonyl (C=O) groups excluding carboxylic acids is 1. The smallest absolute Gasteiger partial charge is 0.410 e. The van der Waals surface area contributed by atoms with Crippen LogP contribution in [-0.4, -0.2) is 75.4 Å². The number of likely N-dealkylation sites (tertiary alicyclic amines) is 1. The van der Waals surface area contributed by atoms with Crippen molar-refractivity contribution in [2.24, 2.45) is 0 Å². The van der Waals surface area contributed by atoms with Crippen molar-refractivity contribution >= 4 is 16.1 Å². The summed E-state index contributed by atoms with van der Waals surface area (Å²) in [5, 5.41) is 0. The quantitative estimate of drug-likeness (QED) is 0.806. The molecule has 0 spiro atoms. The zero-order valence-corrected chi connectivity index (χ0v) is 15.1. The van der Waals surface area contributed by atoms with E-state index in [4.69, 9.17) is 4.74 Å². The fraction of sp³-hybridized carbons (Fsp3) is 0.929. The summed E-state index contributed by atoms with van der Waals surface area (Å²) in [6.07, 6.45) is 2.76. The molecule has 1 N–H and O–H groups in total. The summed E-state index contributed by atoms with van der Waals surface area (Å²) in [5.41, 5.74) is -0.501. The van der Waals surface area contributed by atoms with Gasteiger partial charge in [0.25, 0.3) is 0 Å². The van der Waals surface area contributed by atoms with Crippen LogP contribution in [0.4, 0.5) is 4.79 Å². The van der Waals surface area contributed by atoms with Crippen LogP contribution in [0, 0.1) is 0 Å². The third-order valence-corrected chi connectivity index (χ3v) is 4.23. The van der Waals surface area contributed by atoms with Crippen molar-refractivity contribution in [1.82, 2.24) is 14.5 Å². The first kappa shape index (κ1) is 19.2. The fourth-order valence-corrected chi connectivity index (χ4v) is 2.88. The van der Waals surface area contributed by atoms with E-state index >= 15 is 0 Å². The van der Waals surface area contributed by atoms with Gasteiger partial charge in [0.1, 0.15) is 5.60 Å². The minimum absolute atomic E-state index is 0.0989. The Bertz CT molecular complexity index is 473. The van der Waals surface area contributed by atoms with Gasteiger partial charge in [-0.15, -0.1) is 0 Å². The van der Waals surface area contributed by atoms with Crippen molar-refractivity contribution in [1.29, 1.82) is 0 Å². The van der Waals surface area contributed by atoms with Crippen molar-refractivity contribution in [3.63, 3.8) is 0 Å². The van der Waals surface area contributed by atoms with Gasteiger partial charge in [0.15, 0.2) is 0 Å². The molecule has 1 rings (SSSR count). The summed E-state index contributed by atoms with van der Waals surface area (Å²) >= 11 is 0. The van der Waals surface area contributed by atoms with Crippen molar-refractivity contribution in [3.05, 3.63) is 0 Å². The Morgan fingerprint density at radius 1 is 1.41 bits per heavy atom. The molecule has 1 fully saturated rings. The molecule has 1 aliphatic heterocycles. The highest BCUT2D eigenvalue weighted by molar-refractivity contribution is 7.88. The van der Waals surface area contributed by atoms with Crippen molar-refractivity contribution in [3.8, 4) is 0 Å². The number of amides is 1. The highest BCUT2D eigenvalue weighted by Gasteiger charge is 2.28. The van der Waals surface area contributed by atoms with Crippen molar-refractivity contribution in [2.45, 2.75) is 45.3 Å². The number of hydrogen-bond donors (Lipinski definition) is 1. The van der Waals surface area contributed by atoms with Gasteiger partial charge in [-0.3, -0.25) is 4.90 Å². The number of hydrogen-bond acceptors (Lipinski definition) is 5. The van der Waals surface area contributed by atoms with E-state index in [1.165, 1.54) is 0 Å². The first-order valence-electron chi connectivity index (χ1n) is 7.61. The second-order valence-electron chi connectivity index (χ2n) is 6.85. The summed E-state index contributed by atoms with van der Waals surface area (Å²) in [5.74, 6) is 0. The Morgan fingerprint density at radius 3 is 2.59 bits per heavy atom. The summed E-state index contributed by atoms with van der Waals surface area (Å²) in [4.78, 5) is 15.9. The van der Waals surface area contributed by atoms with Gasteiger partial charge in [0.05, 0.1) is 6.26 Å². The SMILES string of the molecule is CN(C(=O)OC(C)(C)C)[C@@H]1CCCN(CCNS(C)(=O)=O)C1. The number of nitrogens with zero attached hydrogens (tertiary/aromatic N) is 2. The van der Waals surface area contributed by atoms with Gasteiger partial charge >= 0.3 is 6.09 Å². The molecule has 0 aromatic carbocycles. The van der Waals surface area contributed by atoms with E-state index in [-0.39, 0.29) is 12.1 Å². The second-order valence-corrected chi connectivity index (χ2v) is 8.69. The average Bonchev–Trinajstić information content (AvgIpc) is 2.34. The zero-order chi connectivity index (χ0) is 17.0. The van der Waals surface area contributed by atoms with E-state index in [1.807, 2.05) is 20.8 Å². The van der Waals surface area contributed by atoms with Crippen LogP contribution in [0.25, 0.3) is 0 Å². The lowest BCUT2D eigenvalue weighted by Crippen LogP contribution is -2.50. The lowest BCUT2D eigenvalue weighted by atomic mass is 10.0. The standard InChI is InChI=1S/C14H29N3O4S/c1-14(2,3)21-13(18)16(4)12-7-6-9-17(11-12)10-8-15-22(5,19)20/h12,15H,6-11H2,1-5H3/t12-/m1/s1. The lowest BCUT2D eigenvalue weighted by Gasteiger charge is -2.38. The highest BCUT2D eigenvalue weighted by Crippen LogP contribution is 2.17. The molecule has 0 unspecified atom stereocenters. The van der Waals surface area contributed by atoms with Gasteiger partial charge in [0.2, 0.25) is 10.0 Å². The van der Waals surface area contributed by atoms with Crippen LogP contribution in [0.15, 0.2) is 0 Å². The Morgan fingerprint density at radius 2 is 2.05 bits per heavy atom. The molecule has 0 aromatic heterocycles. The normalized spacial score (nSPS) is 20.7. The summed E-state index contributed by atoms with van der Waals surface area (Å²) < 4.78 is 30.0. The monoisotopic (exact) mass is 335 g/mol. The van der Waals surface area contributed by atoms with Gasteiger partial charge < -0.3 is 9.64 Å². The lowest BCUT2D eigenvalue weighted by molar-refractivity contribution is 0.0137. The number of carbonyl (C=O) groups is 1. The molecule has 0 aliphatic carbocycles. The van der Waals surface area contributed by atoms with Crippen LogP contribution in [-0.2, 0) is 14.8 Å². The Balaban J connectivity index is 2.46. The van der Waals surface area contributed by atoms with E-state index in [9.17, 15) is 13.2 Å². The van der Waals surface area contributed by atoms with E-state index in [0.29, 0.717) is 13.1 Å². The minimum Gasteiger partial charge on any atom is -0.444 e. The van der Waals surface area contributed by atoms with Gasteiger partial charge in [-0.05, 0) is 40.2 Å². The molecule has 1 atom stereocenters. The maximum Gasteiger partial charge on any atom is 0.410 e. The molecule has 1 saturated heterocycles. The van der Waals surface area contributed by atoms with Crippen LogP contribution in [0.5, 0.6) is 0 Å². The van der Waals surface area contributed by atoms with Gasteiger partial charge in [-0.25, -0.2) is 17.9 Å². The molecule has 8 heteroatoms. The Hall–Kier alpha value is -0.860. The van der Waals surface area contributed by atoms with Crippen LogP contribution >= 0.6 is 0 Å². The first-order chi connectivity index (χ1) is 9.98. The molecule has 22 heavy (non-hydrogen) atoms. The topological polar surface area (TPSA) is 79.0 Å². The van der Waals surface area contributed by atoms with Gasteiger partial charge in [-0.1, -0.05) is 0 Å². The molecule has 0 aromatic rings. The van der Waals surface area contributed by atoms with Crippen LogP contribution in [0.3, 0.4) is 0 Å². The number of ether oxygens (including phenoxy) is 1. The zero-order valence-electron chi connectivity index (χ0n) is 14.3. The fourth-order valence-electron chi connectivity index (χ4n) is 2.42. The Kier molecular flexibility index (Phi) is 6.64. The predicted molar refractivity (Wildman–Crippen MR) is 86.3 cm³/mol. The number of piperidine rings is 1. The van der Waals surface area contributed by atoms with E-state index in [1.54, 1.807) is 11.9 Å². The summed E-state index contributed by atoms with van der Waals surface area (Å²) in [7, 11) is -1.39. The summed E-state index contributed by atoms with van der Waals surface area (Å²) in [6.45, 7) is 8.24. The maximum atomic E-state index is 12.1. The third-order valence-electron chi connectivity index (χ3n) is 3.50. The largest absolute Gasteiger partial charge is 0.444 e. The average molecular weight is 335 g/mol. The van der Waals surface area contributed by atoms with Crippen LogP contribution in [0.2, 0.25) is 0 Å². The molecule has 0 saturated carbocycles. The molecule has 0 radical (unpaired) electrons. The molecular formula is C14H29N3O4S. The summed E-state index contributed by atoms with van der Waals surface area (Å²) in [6, 6.07) is 0.0989. The molecule has 1 heterocycles. The molecule has 1 aliphatic rings. The predicted octanol–water partition coefficient (Wildman–Crippen LogP) is 0.867. The number of nitrogens with one attached hydrogen (secondary N) is 1. The molecule has 7 nitrogen and oxygen atoms in total. The molecular weight excluding hydrogens is 306 g/mol. The van der Waals surface area contributed by atoms with Crippen molar-refractivity contribution in [2.75, 3.05) is 39.5 Å². The molecule has 130 valence electrons. The van der Waals surface area contributed by atoms with Crippen LogP contribution in [0.1, 0.15) is 33.6 Å². The molecule has 1 amide bonds. The molecule has 0 bridgehead atoms. The maximum absolute atomic E-state index is 12.1. The Labute approximate surface area is 134 Å². The van der Waals surface area contributed by atoms with E-state index in [0.717, 1.165) is 32.2 Å². The van der Waals surface area contributed by atoms with E-state index in [2.05, 4.69) is 9.62 Å². The van der Waals surface area contributed by atoms with Gasteiger partial charge in [-0.2, -0.15) is 0 Å². The van der Waals surface area contributed by atoms with Crippen molar-refractivity contribution < 1.29 is 17.9 Å².